The van der Waals surface area contributed by atoms with Crippen LogP contribution in [0.2, 0.25) is 0 Å². The molecule has 10 heteroatoms. The molecule has 0 saturated carbocycles. The zero-order chi connectivity index (χ0) is 26.8. The summed E-state index contributed by atoms with van der Waals surface area (Å²) in [5.41, 5.74) is 0.280. The van der Waals surface area contributed by atoms with E-state index in [4.69, 9.17) is 4.74 Å². The average molecular weight is 506 g/mol. The van der Waals surface area contributed by atoms with E-state index in [1.54, 1.807) is 50.0 Å². The molecule has 2 aliphatic heterocycles. The van der Waals surface area contributed by atoms with Gasteiger partial charge < -0.3 is 30.1 Å². The van der Waals surface area contributed by atoms with Gasteiger partial charge in [-0.05, 0) is 43.5 Å². The van der Waals surface area contributed by atoms with Gasteiger partial charge in [0.05, 0.1) is 37.4 Å². The summed E-state index contributed by atoms with van der Waals surface area (Å²) in [5.74, 6) is -0.750. The molecular weight excluding hydrogens is 465 g/mol. The van der Waals surface area contributed by atoms with Crippen LogP contribution in [0.1, 0.15) is 39.7 Å². The van der Waals surface area contributed by atoms with Crippen molar-refractivity contribution in [3.63, 3.8) is 0 Å². The minimum Gasteiger partial charge on any atom is -0.369 e. The molecule has 2 aliphatic rings. The SMILES string of the molecule is CNC(C)C(=O)NC(C(=O)N1CC[C@@H]2[C@H]1[C@@H](OCc1ccc(F)cc1)CN2C(=O)N(C)C)C(C)(C)C. The minimum atomic E-state index is -0.740. The Balaban J connectivity index is 1.86. The zero-order valence-electron chi connectivity index (χ0n) is 22.4. The van der Waals surface area contributed by atoms with Crippen molar-refractivity contribution >= 4 is 17.8 Å². The highest BCUT2D eigenvalue weighted by Gasteiger charge is 2.54. The number of carbonyl (C=O) groups is 3. The first-order chi connectivity index (χ1) is 16.8. The van der Waals surface area contributed by atoms with E-state index in [1.165, 1.54) is 17.0 Å². The molecule has 1 aromatic carbocycles. The van der Waals surface area contributed by atoms with Gasteiger partial charge in [0.25, 0.3) is 0 Å². The Morgan fingerprint density at radius 3 is 2.36 bits per heavy atom. The number of hydrogen-bond acceptors (Lipinski definition) is 5. The number of nitrogens with zero attached hydrogens (tertiary/aromatic N) is 3. The maximum Gasteiger partial charge on any atom is 0.319 e. The van der Waals surface area contributed by atoms with Crippen LogP contribution in [0.4, 0.5) is 9.18 Å². The molecule has 2 unspecified atom stereocenters. The molecule has 1 aromatic rings. The van der Waals surface area contributed by atoms with E-state index in [2.05, 4.69) is 10.6 Å². The lowest BCUT2D eigenvalue weighted by atomic mass is 9.85. The second kappa shape index (κ2) is 11.1. The summed E-state index contributed by atoms with van der Waals surface area (Å²) in [7, 11) is 5.10. The summed E-state index contributed by atoms with van der Waals surface area (Å²) in [5, 5.41) is 5.85. The molecule has 0 bridgehead atoms. The quantitative estimate of drug-likeness (QED) is 0.590. The lowest BCUT2D eigenvalue weighted by Crippen LogP contribution is -2.59. The summed E-state index contributed by atoms with van der Waals surface area (Å²) < 4.78 is 19.6. The molecule has 2 saturated heterocycles. The summed E-state index contributed by atoms with van der Waals surface area (Å²) in [6, 6.07) is 4.25. The molecule has 36 heavy (non-hydrogen) atoms. The Hall–Kier alpha value is -2.72. The van der Waals surface area contributed by atoms with Crippen molar-refractivity contribution < 1.29 is 23.5 Å². The molecular formula is C26H40FN5O4. The molecule has 200 valence electrons. The third kappa shape index (κ3) is 5.98. The number of rotatable bonds is 7. The Morgan fingerprint density at radius 1 is 1.17 bits per heavy atom. The Morgan fingerprint density at radius 2 is 1.81 bits per heavy atom. The highest BCUT2D eigenvalue weighted by atomic mass is 19.1. The van der Waals surface area contributed by atoms with E-state index in [-0.39, 0.29) is 42.4 Å². The Kier molecular flexibility index (Phi) is 8.61. The van der Waals surface area contributed by atoms with E-state index in [9.17, 15) is 18.8 Å². The summed E-state index contributed by atoms with van der Waals surface area (Å²) in [4.78, 5) is 44.7. The Labute approximate surface area is 213 Å². The normalized spacial score (nSPS) is 23.3. The van der Waals surface area contributed by atoms with Gasteiger partial charge in [-0.3, -0.25) is 9.59 Å². The lowest BCUT2D eigenvalue weighted by molar-refractivity contribution is -0.142. The molecule has 9 nitrogen and oxygen atoms in total. The number of nitrogens with one attached hydrogen (secondary N) is 2. The van der Waals surface area contributed by atoms with Crippen molar-refractivity contribution in [1.29, 1.82) is 0 Å². The summed E-state index contributed by atoms with van der Waals surface area (Å²) >= 11 is 0. The third-order valence-electron chi connectivity index (χ3n) is 7.09. The molecule has 4 amide bonds. The number of urea groups is 1. The van der Waals surface area contributed by atoms with Gasteiger partial charge in [-0.15, -0.1) is 0 Å². The van der Waals surface area contributed by atoms with Crippen LogP contribution in [0.5, 0.6) is 0 Å². The highest BCUT2D eigenvalue weighted by molar-refractivity contribution is 5.90. The van der Waals surface area contributed by atoms with Crippen LogP contribution in [0.25, 0.3) is 0 Å². The molecule has 5 atom stereocenters. The van der Waals surface area contributed by atoms with Crippen molar-refractivity contribution in [1.82, 2.24) is 25.3 Å². The standard InChI is InChI=1S/C26H40FN5O4/c1-16(28-5)23(33)29-22(26(2,3)4)24(34)31-13-12-19-21(31)20(14-32(19)25(35)30(6)7)36-15-17-8-10-18(27)11-9-17/h8-11,16,19-22,28H,12-15H2,1-7H3,(H,29,33)/t16?,19-,20+,21+,22?/m1/s1. The van der Waals surface area contributed by atoms with Gasteiger partial charge in [0.1, 0.15) is 11.9 Å². The average Bonchev–Trinajstić information content (AvgIpc) is 3.40. The van der Waals surface area contributed by atoms with E-state index in [1.807, 2.05) is 20.8 Å². The van der Waals surface area contributed by atoms with Crippen molar-refractivity contribution in [3.05, 3.63) is 35.6 Å². The van der Waals surface area contributed by atoms with E-state index < -0.39 is 23.6 Å². The fourth-order valence-electron chi connectivity index (χ4n) is 4.91. The highest BCUT2D eigenvalue weighted by Crippen LogP contribution is 2.36. The maximum atomic E-state index is 13.9. The fourth-order valence-corrected chi connectivity index (χ4v) is 4.91. The van der Waals surface area contributed by atoms with Crippen LogP contribution in [-0.2, 0) is 20.9 Å². The van der Waals surface area contributed by atoms with Crippen molar-refractivity contribution in [3.8, 4) is 0 Å². The van der Waals surface area contributed by atoms with Crippen LogP contribution >= 0.6 is 0 Å². The number of hydrogen-bond donors (Lipinski definition) is 2. The van der Waals surface area contributed by atoms with Crippen molar-refractivity contribution in [2.24, 2.45) is 5.41 Å². The third-order valence-corrected chi connectivity index (χ3v) is 7.09. The topological polar surface area (TPSA) is 94.2 Å². The molecule has 3 rings (SSSR count). The lowest BCUT2D eigenvalue weighted by Gasteiger charge is -2.37. The van der Waals surface area contributed by atoms with Crippen LogP contribution in [0.3, 0.4) is 0 Å². The van der Waals surface area contributed by atoms with Gasteiger partial charge >= 0.3 is 6.03 Å². The fraction of sp³-hybridized carbons (Fsp3) is 0.654. The van der Waals surface area contributed by atoms with E-state index >= 15 is 0 Å². The number of amides is 4. The summed E-state index contributed by atoms with van der Waals surface area (Å²) in [6.07, 6.45) is 0.215. The van der Waals surface area contributed by atoms with E-state index in [0.717, 1.165) is 5.56 Å². The van der Waals surface area contributed by atoms with Gasteiger partial charge in [0.2, 0.25) is 11.8 Å². The van der Waals surface area contributed by atoms with Gasteiger partial charge in [0.15, 0.2) is 0 Å². The molecule has 2 N–H and O–H groups in total. The first-order valence-corrected chi connectivity index (χ1v) is 12.5. The number of fused-ring (bicyclic) bond motifs is 1. The van der Waals surface area contributed by atoms with Crippen LogP contribution in [0.15, 0.2) is 24.3 Å². The van der Waals surface area contributed by atoms with Crippen molar-refractivity contribution in [2.75, 3.05) is 34.2 Å². The van der Waals surface area contributed by atoms with E-state index in [0.29, 0.717) is 19.5 Å². The molecule has 2 heterocycles. The van der Waals surface area contributed by atoms with Crippen LogP contribution < -0.4 is 10.6 Å². The zero-order valence-corrected chi connectivity index (χ0v) is 22.4. The van der Waals surface area contributed by atoms with Crippen LogP contribution in [-0.4, -0.2) is 97.0 Å². The molecule has 0 radical (unpaired) electrons. The van der Waals surface area contributed by atoms with Gasteiger partial charge in [-0.1, -0.05) is 32.9 Å². The second-order valence-electron chi connectivity index (χ2n) is 11.0. The molecule has 2 fully saturated rings. The summed E-state index contributed by atoms with van der Waals surface area (Å²) in [6.45, 7) is 8.56. The number of carbonyl (C=O) groups excluding carboxylic acids is 3. The maximum absolute atomic E-state index is 13.9. The largest absolute Gasteiger partial charge is 0.369 e. The van der Waals surface area contributed by atoms with Crippen LogP contribution in [0, 0.1) is 11.2 Å². The number of halogens is 1. The molecule has 0 aromatic heterocycles. The number of likely N-dealkylation sites (N-methyl/N-ethyl adjacent to an activating group) is 1. The first kappa shape index (κ1) is 27.9. The smallest absolute Gasteiger partial charge is 0.319 e. The second-order valence-corrected chi connectivity index (χ2v) is 11.0. The number of likely N-dealkylation sites (tertiary alicyclic amines) is 2. The van der Waals surface area contributed by atoms with Gasteiger partial charge in [-0.2, -0.15) is 0 Å². The van der Waals surface area contributed by atoms with Gasteiger partial charge in [-0.25, -0.2) is 9.18 Å². The van der Waals surface area contributed by atoms with Crippen molar-refractivity contribution in [2.45, 2.75) is 71.0 Å². The number of benzene rings is 1. The molecule has 0 spiro atoms. The van der Waals surface area contributed by atoms with Gasteiger partial charge in [0, 0.05) is 20.6 Å². The molecule has 0 aliphatic carbocycles. The minimum absolute atomic E-state index is 0.129. The predicted molar refractivity (Wildman–Crippen MR) is 135 cm³/mol. The monoisotopic (exact) mass is 505 g/mol. The Bertz CT molecular complexity index is 949. The predicted octanol–water partition coefficient (Wildman–Crippen LogP) is 1.82. The number of ether oxygens (including phenoxy) is 1. The first-order valence-electron chi connectivity index (χ1n) is 12.5.